The summed E-state index contributed by atoms with van der Waals surface area (Å²) in [5.74, 6) is 1.47. The summed E-state index contributed by atoms with van der Waals surface area (Å²) in [6, 6.07) is 11.9. The van der Waals surface area contributed by atoms with Crippen LogP contribution in [0.25, 0.3) is 0 Å². The molecule has 0 aliphatic carbocycles. The van der Waals surface area contributed by atoms with Crippen LogP contribution in [0.4, 0.5) is 0 Å². The van der Waals surface area contributed by atoms with Crippen LogP contribution in [0.2, 0.25) is 10.0 Å². The van der Waals surface area contributed by atoms with E-state index in [-0.39, 0.29) is 6.04 Å². The fourth-order valence-corrected chi connectivity index (χ4v) is 3.99. The smallest absolute Gasteiger partial charge is 0.161 e. The number of ether oxygens (including phenoxy) is 2. The lowest BCUT2D eigenvalue weighted by molar-refractivity contribution is 0.240. The van der Waals surface area contributed by atoms with Gasteiger partial charge in [-0.15, -0.1) is 0 Å². The van der Waals surface area contributed by atoms with Gasteiger partial charge < -0.3 is 14.8 Å². The Labute approximate surface area is 171 Å². The van der Waals surface area contributed by atoms with E-state index in [1.54, 1.807) is 7.11 Å². The minimum absolute atomic E-state index is 0.00112. The molecule has 1 heterocycles. The lowest BCUT2D eigenvalue weighted by Crippen LogP contribution is -2.33. The first-order chi connectivity index (χ1) is 13.2. The van der Waals surface area contributed by atoms with Crippen molar-refractivity contribution in [1.82, 2.24) is 10.2 Å². The van der Waals surface area contributed by atoms with Crippen LogP contribution >= 0.6 is 23.2 Å². The molecular formula is C21H26Cl2N2O2. The maximum absolute atomic E-state index is 6.63. The Hall–Kier alpha value is -1.46. The Kier molecular flexibility index (Phi) is 7.25. The Morgan fingerprint density at radius 1 is 1.11 bits per heavy atom. The van der Waals surface area contributed by atoms with Crippen molar-refractivity contribution in [3.8, 4) is 11.5 Å². The standard InChI is InChI=1S/C21H26Cl2N2O2/c1-3-27-19-14-15(8-9-18(19)26-2)21(25-12-5-10-24-11-13-25)16-6-4-7-17(22)20(16)23/h4,6-9,14,21,24H,3,5,10-13H2,1-2H3. The molecule has 1 fully saturated rings. The van der Waals surface area contributed by atoms with E-state index in [2.05, 4.69) is 28.4 Å². The third kappa shape index (κ3) is 4.69. The molecule has 1 unspecified atom stereocenters. The second kappa shape index (κ2) is 9.65. The van der Waals surface area contributed by atoms with Gasteiger partial charge in [0.15, 0.2) is 11.5 Å². The van der Waals surface area contributed by atoms with Gasteiger partial charge in [0, 0.05) is 19.6 Å². The van der Waals surface area contributed by atoms with Crippen molar-refractivity contribution in [1.29, 1.82) is 0 Å². The quantitative estimate of drug-likeness (QED) is 0.744. The van der Waals surface area contributed by atoms with Gasteiger partial charge in [0.25, 0.3) is 0 Å². The average molecular weight is 409 g/mol. The van der Waals surface area contributed by atoms with E-state index in [0.29, 0.717) is 16.7 Å². The predicted octanol–water partition coefficient (Wildman–Crippen LogP) is 4.79. The van der Waals surface area contributed by atoms with Crippen LogP contribution in [0, 0.1) is 0 Å². The Balaban J connectivity index is 2.09. The third-order valence-electron chi connectivity index (χ3n) is 4.82. The minimum Gasteiger partial charge on any atom is -0.493 e. The van der Waals surface area contributed by atoms with Crippen LogP contribution in [0.5, 0.6) is 11.5 Å². The number of hydrogen-bond donors (Lipinski definition) is 1. The van der Waals surface area contributed by atoms with Crippen LogP contribution in [-0.2, 0) is 0 Å². The van der Waals surface area contributed by atoms with Crippen molar-refractivity contribution in [3.05, 3.63) is 57.6 Å². The molecule has 1 aliphatic rings. The normalized spacial score (nSPS) is 16.6. The second-order valence-electron chi connectivity index (χ2n) is 6.53. The Bertz CT molecular complexity index is 762. The van der Waals surface area contributed by atoms with Crippen LogP contribution < -0.4 is 14.8 Å². The number of rotatable bonds is 6. The van der Waals surface area contributed by atoms with E-state index in [9.17, 15) is 0 Å². The summed E-state index contributed by atoms with van der Waals surface area (Å²) in [7, 11) is 1.66. The number of methoxy groups -OCH3 is 1. The van der Waals surface area contributed by atoms with E-state index >= 15 is 0 Å². The third-order valence-corrected chi connectivity index (χ3v) is 5.65. The largest absolute Gasteiger partial charge is 0.493 e. The van der Waals surface area contributed by atoms with Crippen molar-refractivity contribution in [3.63, 3.8) is 0 Å². The molecule has 0 saturated carbocycles. The Morgan fingerprint density at radius 3 is 2.74 bits per heavy atom. The SMILES string of the molecule is CCOc1cc(C(c2cccc(Cl)c2Cl)N2CCCNCC2)ccc1OC. The first-order valence-electron chi connectivity index (χ1n) is 9.35. The molecule has 0 aromatic heterocycles. The zero-order valence-corrected chi connectivity index (χ0v) is 17.3. The van der Waals surface area contributed by atoms with Crippen molar-refractivity contribution >= 4 is 23.2 Å². The van der Waals surface area contributed by atoms with Gasteiger partial charge in [-0.1, -0.05) is 41.4 Å². The highest BCUT2D eigenvalue weighted by Gasteiger charge is 2.27. The molecule has 1 saturated heterocycles. The fourth-order valence-electron chi connectivity index (χ4n) is 3.58. The van der Waals surface area contributed by atoms with E-state index in [1.807, 2.05) is 25.1 Å². The number of nitrogens with one attached hydrogen (secondary N) is 1. The van der Waals surface area contributed by atoms with Crippen LogP contribution in [0.1, 0.15) is 30.5 Å². The molecule has 3 rings (SSSR count). The Morgan fingerprint density at radius 2 is 1.96 bits per heavy atom. The zero-order valence-electron chi connectivity index (χ0n) is 15.8. The van der Waals surface area contributed by atoms with Gasteiger partial charge >= 0.3 is 0 Å². The number of hydrogen-bond acceptors (Lipinski definition) is 4. The van der Waals surface area contributed by atoms with Gasteiger partial charge in [0.1, 0.15) is 0 Å². The highest BCUT2D eigenvalue weighted by Crippen LogP contribution is 2.39. The molecule has 0 bridgehead atoms. The fraction of sp³-hybridized carbons (Fsp3) is 0.429. The number of nitrogens with zero attached hydrogens (tertiary/aromatic N) is 1. The van der Waals surface area contributed by atoms with E-state index in [1.165, 1.54) is 0 Å². The molecule has 1 atom stereocenters. The number of halogens is 2. The van der Waals surface area contributed by atoms with Crippen molar-refractivity contribution in [2.75, 3.05) is 39.9 Å². The molecule has 146 valence electrons. The summed E-state index contributed by atoms with van der Waals surface area (Å²) in [5, 5.41) is 4.65. The molecule has 1 aliphatic heterocycles. The highest BCUT2D eigenvalue weighted by atomic mass is 35.5. The monoisotopic (exact) mass is 408 g/mol. The van der Waals surface area contributed by atoms with E-state index in [4.69, 9.17) is 32.7 Å². The van der Waals surface area contributed by atoms with Gasteiger partial charge in [0.2, 0.25) is 0 Å². The van der Waals surface area contributed by atoms with Crippen LogP contribution in [0.15, 0.2) is 36.4 Å². The molecule has 1 N–H and O–H groups in total. The van der Waals surface area contributed by atoms with E-state index in [0.717, 1.165) is 55.2 Å². The molecule has 2 aromatic carbocycles. The first kappa shape index (κ1) is 20.3. The summed E-state index contributed by atoms with van der Waals surface area (Å²) in [6.45, 7) is 6.44. The lowest BCUT2D eigenvalue weighted by atomic mass is 9.96. The maximum Gasteiger partial charge on any atom is 0.161 e. The van der Waals surface area contributed by atoms with Crippen molar-refractivity contribution in [2.45, 2.75) is 19.4 Å². The molecule has 4 nitrogen and oxygen atoms in total. The molecule has 0 radical (unpaired) electrons. The minimum atomic E-state index is 0.00112. The molecule has 0 amide bonds. The summed E-state index contributed by atoms with van der Waals surface area (Å²) >= 11 is 13.0. The lowest BCUT2D eigenvalue weighted by Gasteiger charge is -2.32. The molecular weight excluding hydrogens is 383 g/mol. The zero-order chi connectivity index (χ0) is 19.2. The topological polar surface area (TPSA) is 33.7 Å². The van der Waals surface area contributed by atoms with Gasteiger partial charge in [-0.3, -0.25) is 4.90 Å². The highest BCUT2D eigenvalue weighted by molar-refractivity contribution is 6.42. The van der Waals surface area contributed by atoms with E-state index < -0.39 is 0 Å². The first-order valence-corrected chi connectivity index (χ1v) is 10.1. The summed E-state index contributed by atoms with van der Waals surface area (Å²) in [4.78, 5) is 2.45. The predicted molar refractivity (Wildman–Crippen MR) is 112 cm³/mol. The van der Waals surface area contributed by atoms with Gasteiger partial charge in [-0.2, -0.15) is 0 Å². The molecule has 0 spiro atoms. The summed E-state index contributed by atoms with van der Waals surface area (Å²) in [6.07, 6.45) is 1.09. The van der Waals surface area contributed by atoms with Crippen molar-refractivity contribution < 1.29 is 9.47 Å². The van der Waals surface area contributed by atoms with Gasteiger partial charge in [-0.05, 0) is 49.2 Å². The molecule has 27 heavy (non-hydrogen) atoms. The molecule has 2 aromatic rings. The number of benzene rings is 2. The summed E-state index contributed by atoms with van der Waals surface area (Å²) in [5.41, 5.74) is 2.13. The van der Waals surface area contributed by atoms with Gasteiger partial charge in [-0.25, -0.2) is 0 Å². The maximum atomic E-state index is 6.63. The van der Waals surface area contributed by atoms with Crippen molar-refractivity contribution in [2.24, 2.45) is 0 Å². The average Bonchev–Trinajstić information content (AvgIpc) is 2.95. The second-order valence-corrected chi connectivity index (χ2v) is 7.31. The van der Waals surface area contributed by atoms with Gasteiger partial charge in [0.05, 0.1) is 29.8 Å². The molecule has 6 heteroatoms. The van der Waals surface area contributed by atoms with Crippen LogP contribution in [0.3, 0.4) is 0 Å². The van der Waals surface area contributed by atoms with Crippen LogP contribution in [-0.4, -0.2) is 44.8 Å². The summed E-state index contributed by atoms with van der Waals surface area (Å²) < 4.78 is 11.3.